The van der Waals surface area contributed by atoms with Crippen molar-refractivity contribution in [2.45, 2.75) is 69.7 Å². The molecule has 1 unspecified atom stereocenters. The summed E-state index contributed by atoms with van der Waals surface area (Å²) in [6.07, 6.45) is -2.12. The van der Waals surface area contributed by atoms with Gasteiger partial charge in [-0.05, 0) is 37.3 Å². The Balaban J connectivity index is 1.47. The zero-order chi connectivity index (χ0) is 34.5. The first-order chi connectivity index (χ1) is 22.9. The zero-order valence-corrected chi connectivity index (χ0v) is 27.4. The zero-order valence-electron chi connectivity index (χ0n) is 26.5. The number of fused-ring (bicyclic) bond motifs is 1. The molecule has 0 amide bonds. The minimum Gasteiger partial charge on any atom is -0.461 e. The molecule has 3 aromatic rings. The van der Waals surface area contributed by atoms with Gasteiger partial charge in [-0.15, -0.1) is 0 Å². The number of aromatic nitrogens is 2. The Morgan fingerprint density at radius 2 is 1.81 bits per heavy atom. The number of nitrogens with two attached hydrogens (primary N) is 1. The van der Waals surface area contributed by atoms with Gasteiger partial charge in [-0.1, -0.05) is 18.2 Å². The molecular formula is C31H36N5O11P. The first-order valence-corrected chi connectivity index (χ1v) is 16.7. The molecular weight excluding hydrogens is 649 g/mol. The van der Waals surface area contributed by atoms with E-state index in [0.29, 0.717) is 43.0 Å². The van der Waals surface area contributed by atoms with Crippen LogP contribution in [-0.4, -0.2) is 77.3 Å². The topological polar surface area (TPSA) is 212 Å². The van der Waals surface area contributed by atoms with Crippen LogP contribution in [0.2, 0.25) is 0 Å². The maximum absolute atomic E-state index is 14.3. The van der Waals surface area contributed by atoms with E-state index in [1.807, 2.05) is 6.07 Å². The van der Waals surface area contributed by atoms with E-state index in [4.69, 9.17) is 38.5 Å². The van der Waals surface area contributed by atoms with Crippen LogP contribution in [0.1, 0.15) is 45.4 Å². The molecule has 3 N–H and O–H groups in total. The summed E-state index contributed by atoms with van der Waals surface area (Å²) in [7, 11) is -4.54. The lowest BCUT2D eigenvalue weighted by atomic mass is 9.95. The third-order valence-corrected chi connectivity index (χ3v) is 9.28. The number of esters is 3. The van der Waals surface area contributed by atoms with Crippen LogP contribution in [0.15, 0.2) is 54.7 Å². The van der Waals surface area contributed by atoms with Crippen molar-refractivity contribution in [2.24, 2.45) is 0 Å². The van der Waals surface area contributed by atoms with Gasteiger partial charge in [0, 0.05) is 32.9 Å². The lowest BCUT2D eigenvalue weighted by Gasteiger charge is -2.30. The number of nitrogens with zero attached hydrogens (tertiary/aromatic N) is 3. The largest absolute Gasteiger partial charge is 0.461 e. The number of nitrogens with one attached hydrogen (secondary N) is 1. The van der Waals surface area contributed by atoms with E-state index < -0.39 is 62.2 Å². The fourth-order valence-electron chi connectivity index (χ4n) is 5.42. The summed E-state index contributed by atoms with van der Waals surface area (Å²) in [4.78, 5) is 37.7. The molecule has 0 bridgehead atoms. The number of carbonyl (C=O) groups is 3. The fourth-order valence-corrected chi connectivity index (χ4v) is 6.94. The average molecular weight is 686 g/mol. The van der Waals surface area contributed by atoms with E-state index >= 15 is 0 Å². The first-order valence-electron chi connectivity index (χ1n) is 15.1. The first kappa shape index (κ1) is 34.8. The molecule has 2 aliphatic rings. The maximum atomic E-state index is 14.3. The highest BCUT2D eigenvalue weighted by molar-refractivity contribution is 7.52. The molecule has 0 radical (unpaired) electrons. The van der Waals surface area contributed by atoms with E-state index in [9.17, 15) is 24.2 Å². The molecule has 2 aliphatic heterocycles. The second-order valence-corrected chi connectivity index (χ2v) is 13.0. The van der Waals surface area contributed by atoms with E-state index in [0.717, 1.165) is 13.8 Å². The van der Waals surface area contributed by atoms with Crippen LogP contribution >= 0.6 is 7.75 Å². The third kappa shape index (κ3) is 7.78. The van der Waals surface area contributed by atoms with Crippen LogP contribution in [0.4, 0.5) is 5.69 Å². The molecule has 0 aliphatic carbocycles. The number of nitriles is 1. The van der Waals surface area contributed by atoms with Crippen molar-refractivity contribution in [3.05, 3.63) is 60.4 Å². The van der Waals surface area contributed by atoms with Crippen molar-refractivity contribution in [1.82, 2.24) is 14.7 Å². The lowest BCUT2D eigenvalue weighted by Crippen LogP contribution is -2.49. The molecule has 17 heteroatoms. The number of benzene rings is 1. The summed E-state index contributed by atoms with van der Waals surface area (Å²) in [6, 6.07) is 13.6. The van der Waals surface area contributed by atoms with Gasteiger partial charge in [0.25, 0.3) is 0 Å². The predicted molar refractivity (Wildman–Crippen MR) is 166 cm³/mol. The van der Waals surface area contributed by atoms with Gasteiger partial charge in [0.05, 0.1) is 30.1 Å². The van der Waals surface area contributed by atoms with Crippen LogP contribution in [0.5, 0.6) is 5.75 Å². The van der Waals surface area contributed by atoms with Crippen molar-refractivity contribution >= 4 is 36.9 Å². The summed E-state index contributed by atoms with van der Waals surface area (Å²) in [5, 5.41) is 17.5. The van der Waals surface area contributed by atoms with Crippen molar-refractivity contribution < 1.29 is 51.7 Å². The number of ether oxygens (including phenoxy) is 5. The third-order valence-electron chi connectivity index (χ3n) is 7.66. The number of anilines is 1. The molecule has 256 valence electrons. The Morgan fingerprint density at radius 1 is 1.10 bits per heavy atom. The average Bonchev–Trinajstić information content (AvgIpc) is 3.61. The van der Waals surface area contributed by atoms with Gasteiger partial charge < -0.3 is 33.9 Å². The van der Waals surface area contributed by atoms with Crippen molar-refractivity contribution in [1.29, 1.82) is 5.26 Å². The van der Waals surface area contributed by atoms with Gasteiger partial charge in [-0.25, -0.2) is 9.08 Å². The molecule has 0 spiro atoms. The molecule has 1 aromatic carbocycles. The normalized spacial score (nSPS) is 24.6. The highest BCUT2D eigenvalue weighted by Crippen LogP contribution is 2.50. The standard InChI is InChI=1S/C31H36N5O11P/c1-19(30(39)45-22-12-15-41-16-13-22)35-48(40,47-23-7-5-4-6-8-23)42-18-31(17-32)29(44-21(3)38)28(43-20(2)37)27(46-31)26-10-9-25-24(33)11-14-34-36(25)26/h4-11,14,19,22,27-29H,12-13,15-16,18,33H2,1-3H3,(H,35,40)/t19-,27-,28-,29-,31+,48?/m0/s1. The fraction of sp³-hybridized carbons (Fsp3) is 0.452. The molecule has 48 heavy (non-hydrogen) atoms. The summed E-state index contributed by atoms with van der Waals surface area (Å²) in [5.41, 5.74) is 5.09. The number of para-hydroxylation sites is 1. The quantitative estimate of drug-likeness (QED) is 0.159. The maximum Gasteiger partial charge on any atom is 0.459 e. The Morgan fingerprint density at radius 3 is 2.48 bits per heavy atom. The Kier molecular flexibility index (Phi) is 10.7. The van der Waals surface area contributed by atoms with E-state index in [1.54, 1.807) is 36.4 Å². The summed E-state index contributed by atoms with van der Waals surface area (Å²) in [6.45, 7) is 3.71. The van der Waals surface area contributed by atoms with Crippen LogP contribution < -0.4 is 15.3 Å². The smallest absolute Gasteiger partial charge is 0.459 e. The molecule has 5 rings (SSSR count). The highest BCUT2D eigenvalue weighted by atomic mass is 31.2. The Labute approximate surface area is 275 Å². The van der Waals surface area contributed by atoms with Gasteiger partial charge in [-0.3, -0.25) is 18.9 Å². The van der Waals surface area contributed by atoms with Gasteiger partial charge in [0.2, 0.25) is 5.60 Å². The molecule has 16 nitrogen and oxygen atoms in total. The number of rotatable bonds is 12. The van der Waals surface area contributed by atoms with Crippen molar-refractivity contribution in [3.63, 3.8) is 0 Å². The van der Waals surface area contributed by atoms with E-state index in [2.05, 4.69) is 10.2 Å². The molecule has 2 saturated heterocycles. The van der Waals surface area contributed by atoms with Crippen molar-refractivity contribution in [2.75, 3.05) is 25.6 Å². The molecule has 6 atom stereocenters. The van der Waals surface area contributed by atoms with Crippen LogP contribution in [-0.2, 0) is 47.2 Å². The van der Waals surface area contributed by atoms with Crippen LogP contribution in [0.25, 0.3) is 5.52 Å². The van der Waals surface area contributed by atoms with Crippen LogP contribution in [0.3, 0.4) is 0 Å². The molecule has 2 aromatic heterocycles. The number of hydrogen-bond donors (Lipinski definition) is 2. The number of carbonyl (C=O) groups excluding carboxylic acids is 3. The predicted octanol–water partition coefficient (Wildman–Crippen LogP) is 3.02. The SMILES string of the molecule is CC(=O)O[C@H]1[C@H](c2ccc3c(N)ccnn23)O[C@](C#N)(COP(=O)(N[C@@H](C)C(=O)OC2CCOCC2)Oc2ccccc2)[C@H]1OC(C)=O. The van der Waals surface area contributed by atoms with Gasteiger partial charge in [0.1, 0.15) is 36.7 Å². The Hall–Kier alpha value is -4.52. The van der Waals surface area contributed by atoms with Gasteiger partial charge in [-0.2, -0.15) is 15.4 Å². The molecule has 0 saturated carbocycles. The number of nitrogen functional groups attached to an aromatic ring is 1. The molecule has 4 heterocycles. The summed E-state index contributed by atoms with van der Waals surface area (Å²) in [5.74, 6) is -2.18. The Bertz CT molecular complexity index is 1720. The number of hydrogen-bond acceptors (Lipinski definition) is 14. The second-order valence-electron chi connectivity index (χ2n) is 11.3. The van der Waals surface area contributed by atoms with Crippen molar-refractivity contribution in [3.8, 4) is 11.8 Å². The van der Waals surface area contributed by atoms with Gasteiger partial charge >= 0.3 is 25.7 Å². The minimum absolute atomic E-state index is 0.118. The lowest BCUT2D eigenvalue weighted by molar-refractivity contribution is -0.166. The minimum atomic E-state index is -4.54. The van der Waals surface area contributed by atoms with E-state index in [-0.39, 0.29) is 11.9 Å². The van der Waals surface area contributed by atoms with Gasteiger partial charge in [0.15, 0.2) is 12.2 Å². The highest BCUT2D eigenvalue weighted by Gasteiger charge is 2.62. The monoisotopic (exact) mass is 685 g/mol. The van der Waals surface area contributed by atoms with E-state index in [1.165, 1.54) is 29.8 Å². The van der Waals surface area contributed by atoms with Crippen LogP contribution in [0, 0.1) is 11.3 Å². The summed E-state index contributed by atoms with van der Waals surface area (Å²) >= 11 is 0. The summed E-state index contributed by atoms with van der Waals surface area (Å²) < 4.78 is 55.6. The second kappa shape index (κ2) is 14.7. The molecule has 2 fully saturated rings.